The highest BCUT2D eigenvalue weighted by molar-refractivity contribution is 5.87. The van der Waals surface area contributed by atoms with Gasteiger partial charge >= 0.3 is 5.97 Å². The summed E-state index contributed by atoms with van der Waals surface area (Å²) in [6.07, 6.45) is 8.62. The first-order valence-corrected chi connectivity index (χ1v) is 10.2. The Morgan fingerprint density at radius 2 is 1.79 bits per heavy atom. The summed E-state index contributed by atoms with van der Waals surface area (Å²) in [5.41, 5.74) is 6.67. The van der Waals surface area contributed by atoms with Gasteiger partial charge in [-0.05, 0) is 89.8 Å². The van der Waals surface area contributed by atoms with E-state index in [1.807, 2.05) is 6.08 Å². The van der Waals surface area contributed by atoms with E-state index in [4.69, 9.17) is 5.11 Å². The van der Waals surface area contributed by atoms with Crippen LogP contribution in [0.2, 0.25) is 0 Å². The Hall–Kier alpha value is -3.05. The number of allylic oxidation sites excluding steroid dienone is 4. The van der Waals surface area contributed by atoms with Crippen LogP contribution in [-0.2, 0) is 6.42 Å². The lowest BCUT2D eigenvalue weighted by atomic mass is 9.71. The van der Waals surface area contributed by atoms with E-state index in [1.165, 1.54) is 35.1 Å². The summed E-state index contributed by atoms with van der Waals surface area (Å²) < 4.78 is 0. The minimum atomic E-state index is -0.921. The molecule has 2 heteroatoms. The fraction of sp³-hybridized carbons (Fsp3) is 0.296. The molecule has 0 atom stereocenters. The molecule has 0 spiro atoms. The summed E-state index contributed by atoms with van der Waals surface area (Å²) in [7, 11) is 0. The summed E-state index contributed by atoms with van der Waals surface area (Å²) in [6.45, 7) is 6.80. The van der Waals surface area contributed by atoms with Crippen molar-refractivity contribution in [2.24, 2.45) is 5.41 Å². The number of carboxylic acid groups (broad SMARTS) is 1. The summed E-state index contributed by atoms with van der Waals surface area (Å²) in [4.78, 5) is 10.9. The molecule has 2 aromatic carbocycles. The van der Waals surface area contributed by atoms with Gasteiger partial charge in [-0.1, -0.05) is 56.9 Å². The Morgan fingerprint density at radius 1 is 1.10 bits per heavy atom. The first kappa shape index (κ1) is 20.7. The second-order valence-electron chi connectivity index (χ2n) is 8.17. The van der Waals surface area contributed by atoms with Crippen molar-refractivity contribution in [3.05, 3.63) is 88.5 Å². The third-order valence-electron chi connectivity index (χ3n) is 5.68. The van der Waals surface area contributed by atoms with Gasteiger partial charge in [0.15, 0.2) is 0 Å². The van der Waals surface area contributed by atoms with Gasteiger partial charge in [0.25, 0.3) is 0 Å². The van der Waals surface area contributed by atoms with Crippen LogP contribution in [0.3, 0.4) is 0 Å². The maximum atomic E-state index is 10.9. The van der Waals surface area contributed by atoms with Crippen molar-refractivity contribution in [2.45, 2.75) is 46.5 Å². The Labute approximate surface area is 174 Å². The summed E-state index contributed by atoms with van der Waals surface area (Å²) in [5, 5.41) is 8.98. The fourth-order valence-electron chi connectivity index (χ4n) is 3.90. The largest absolute Gasteiger partial charge is 0.478 e. The maximum absolute atomic E-state index is 10.9. The molecule has 0 saturated heterocycles. The molecule has 0 amide bonds. The lowest BCUT2D eigenvalue weighted by Crippen LogP contribution is -2.19. The van der Waals surface area contributed by atoms with Crippen molar-refractivity contribution in [1.29, 1.82) is 0 Å². The van der Waals surface area contributed by atoms with E-state index in [2.05, 4.69) is 63.0 Å². The van der Waals surface area contributed by atoms with E-state index in [1.54, 1.807) is 24.3 Å². The number of carbonyl (C=O) groups is 1. The maximum Gasteiger partial charge on any atom is 0.335 e. The van der Waals surface area contributed by atoms with Gasteiger partial charge in [-0.15, -0.1) is 0 Å². The zero-order chi connectivity index (χ0) is 20.9. The highest BCUT2D eigenvalue weighted by atomic mass is 16.4. The molecule has 0 fully saturated rings. The average Bonchev–Trinajstić information content (AvgIpc) is 2.72. The molecular formula is C27H28O2. The first-order chi connectivity index (χ1) is 13.9. The Balaban J connectivity index is 1.88. The van der Waals surface area contributed by atoms with Crippen molar-refractivity contribution < 1.29 is 9.90 Å². The van der Waals surface area contributed by atoms with E-state index in [-0.39, 0.29) is 11.0 Å². The monoisotopic (exact) mass is 384 g/mol. The van der Waals surface area contributed by atoms with Crippen LogP contribution in [-0.4, -0.2) is 11.1 Å². The number of benzene rings is 2. The first-order valence-electron chi connectivity index (χ1n) is 10.2. The summed E-state index contributed by atoms with van der Waals surface area (Å²) in [6, 6.07) is 15.6. The third-order valence-corrected chi connectivity index (χ3v) is 5.68. The summed E-state index contributed by atoms with van der Waals surface area (Å²) in [5.74, 6) is 5.29. The quantitative estimate of drug-likeness (QED) is 0.609. The number of carboxylic acids is 1. The van der Waals surface area contributed by atoms with E-state index >= 15 is 0 Å². The molecule has 1 aliphatic carbocycles. The van der Waals surface area contributed by atoms with E-state index in [9.17, 15) is 4.79 Å². The molecule has 0 radical (unpaired) electrons. The van der Waals surface area contributed by atoms with Gasteiger partial charge in [-0.25, -0.2) is 4.79 Å². The average molecular weight is 385 g/mol. The van der Waals surface area contributed by atoms with Gasteiger partial charge in [0.1, 0.15) is 0 Å². The predicted octanol–water partition coefficient (Wildman–Crippen LogP) is 6.52. The van der Waals surface area contributed by atoms with Gasteiger partial charge in [0.2, 0.25) is 0 Å². The van der Waals surface area contributed by atoms with Gasteiger partial charge in [-0.2, -0.15) is 0 Å². The second-order valence-corrected chi connectivity index (χ2v) is 8.17. The highest BCUT2D eigenvalue weighted by Gasteiger charge is 2.28. The zero-order valence-corrected chi connectivity index (χ0v) is 17.5. The van der Waals surface area contributed by atoms with Crippen LogP contribution in [0, 0.1) is 17.3 Å². The lowest BCUT2D eigenvalue weighted by Gasteiger charge is -2.34. The number of aromatic carboxylic acids is 1. The van der Waals surface area contributed by atoms with Crippen LogP contribution in [0.5, 0.6) is 0 Å². The Kier molecular flexibility index (Phi) is 6.39. The van der Waals surface area contributed by atoms with Crippen LogP contribution in [0.15, 0.2) is 66.3 Å². The van der Waals surface area contributed by atoms with Crippen LogP contribution in [0.25, 0.3) is 5.57 Å². The van der Waals surface area contributed by atoms with Crippen LogP contribution in [0.1, 0.15) is 67.1 Å². The number of hydrogen-bond donors (Lipinski definition) is 1. The van der Waals surface area contributed by atoms with E-state index in [0.717, 1.165) is 18.4 Å². The highest BCUT2D eigenvalue weighted by Crippen LogP contribution is 2.44. The van der Waals surface area contributed by atoms with Crippen LogP contribution < -0.4 is 0 Å². The number of rotatable bonds is 4. The molecule has 2 nitrogen and oxygen atoms in total. The molecule has 3 rings (SSSR count). The van der Waals surface area contributed by atoms with Gasteiger partial charge < -0.3 is 5.11 Å². The van der Waals surface area contributed by atoms with E-state index in [0.29, 0.717) is 0 Å². The van der Waals surface area contributed by atoms with Gasteiger partial charge in [-0.3, -0.25) is 0 Å². The van der Waals surface area contributed by atoms with Crippen molar-refractivity contribution in [3.8, 4) is 11.8 Å². The third kappa shape index (κ3) is 5.06. The minimum absolute atomic E-state index is 0.123. The molecule has 0 unspecified atom stereocenters. The fourth-order valence-corrected chi connectivity index (χ4v) is 3.90. The van der Waals surface area contributed by atoms with Crippen molar-refractivity contribution in [3.63, 3.8) is 0 Å². The molecular weight excluding hydrogens is 356 g/mol. The molecule has 1 aliphatic rings. The molecule has 0 aliphatic heterocycles. The molecule has 0 aromatic heterocycles. The van der Waals surface area contributed by atoms with Crippen LogP contribution >= 0.6 is 0 Å². The van der Waals surface area contributed by atoms with Crippen molar-refractivity contribution in [1.82, 2.24) is 0 Å². The molecule has 1 N–H and O–H groups in total. The molecule has 0 saturated carbocycles. The Morgan fingerprint density at radius 3 is 2.41 bits per heavy atom. The number of aryl methyl sites for hydroxylation is 1. The lowest BCUT2D eigenvalue weighted by molar-refractivity contribution is 0.0697. The molecule has 0 bridgehead atoms. The topological polar surface area (TPSA) is 37.3 Å². The number of hydrogen-bond acceptors (Lipinski definition) is 1. The molecule has 2 aromatic rings. The van der Waals surface area contributed by atoms with E-state index < -0.39 is 5.97 Å². The molecule has 148 valence electrons. The van der Waals surface area contributed by atoms with Gasteiger partial charge in [0.05, 0.1) is 5.56 Å². The van der Waals surface area contributed by atoms with Gasteiger partial charge in [0, 0.05) is 5.56 Å². The Bertz CT molecular complexity index is 991. The smallest absolute Gasteiger partial charge is 0.335 e. The van der Waals surface area contributed by atoms with Crippen molar-refractivity contribution in [2.75, 3.05) is 0 Å². The zero-order valence-electron chi connectivity index (χ0n) is 17.5. The normalized spacial score (nSPS) is 15.8. The summed E-state index contributed by atoms with van der Waals surface area (Å²) >= 11 is 0. The second kappa shape index (κ2) is 8.97. The molecule has 29 heavy (non-hydrogen) atoms. The minimum Gasteiger partial charge on any atom is -0.478 e. The molecule has 0 heterocycles. The predicted molar refractivity (Wildman–Crippen MR) is 120 cm³/mol. The van der Waals surface area contributed by atoms with Crippen molar-refractivity contribution >= 4 is 11.5 Å². The standard InChI is InChI=1S/C27H28O2/c1-4-20-11-15-22(16-12-20)24-9-7-19-27(2,3)25(24)10-6-5-8-21-13-17-23(18-14-21)26(28)29/h6,10-18H,4,7,9,19H2,1-3H3,(H,28,29)/b10-6+. The SMILES string of the molecule is CCc1ccc(C2=C(/C=C/C#Cc3ccc(C(=O)O)cc3)C(C)(C)CCC2)cc1. The van der Waals surface area contributed by atoms with Crippen LogP contribution in [0.4, 0.5) is 0 Å².